The van der Waals surface area contributed by atoms with Gasteiger partial charge in [-0.1, -0.05) is 30.3 Å². The summed E-state index contributed by atoms with van der Waals surface area (Å²) in [6, 6.07) is 14.7. The molecule has 0 fully saturated rings. The molecule has 0 atom stereocenters. The molecule has 0 aliphatic carbocycles. The van der Waals surface area contributed by atoms with Crippen molar-refractivity contribution < 1.29 is 19.4 Å². The normalized spacial score (nSPS) is 14.2. The van der Waals surface area contributed by atoms with Crippen LogP contribution in [0.2, 0.25) is 0 Å². The molecule has 0 bridgehead atoms. The van der Waals surface area contributed by atoms with Crippen LogP contribution in [-0.2, 0) is 16.1 Å². The molecule has 1 amide bonds. The molecule has 0 spiro atoms. The Morgan fingerprint density at radius 1 is 1.20 bits per heavy atom. The molecule has 0 unspecified atom stereocenters. The molecule has 6 heteroatoms. The molecule has 5 nitrogen and oxygen atoms in total. The number of hydrogen-bond acceptors (Lipinski definition) is 3. The van der Waals surface area contributed by atoms with E-state index in [1.165, 1.54) is 0 Å². The number of para-hydroxylation sites is 1. The molecule has 128 valence electrons. The number of anilines is 1. The van der Waals surface area contributed by atoms with Crippen molar-refractivity contribution in [2.24, 2.45) is 0 Å². The van der Waals surface area contributed by atoms with E-state index in [1.807, 2.05) is 48.5 Å². The Morgan fingerprint density at radius 2 is 1.88 bits per heavy atom. The third kappa shape index (κ3) is 3.44. The lowest BCUT2D eigenvalue weighted by molar-refractivity contribution is -0.133. The van der Waals surface area contributed by atoms with Gasteiger partial charge in [0.15, 0.2) is 0 Å². The van der Waals surface area contributed by atoms with E-state index in [-0.39, 0.29) is 17.9 Å². The maximum atomic E-state index is 12.7. The van der Waals surface area contributed by atoms with Crippen LogP contribution in [0.25, 0.3) is 4.48 Å². The molecule has 25 heavy (non-hydrogen) atoms. The zero-order valence-corrected chi connectivity index (χ0v) is 15.1. The quantitative estimate of drug-likeness (QED) is 0.845. The molecule has 0 aromatic heterocycles. The van der Waals surface area contributed by atoms with Crippen molar-refractivity contribution >= 4 is 38.0 Å². The van der Waals surface area contributed by atoms with Crippen molar-refractivity contribution in [3.8, 4) is 5.75 Å². The number of fused-ring (bicyclic) bond motifs is 1. The van der Waals surface area contributed by atoms with Gasteiger partial charge in [-0.15, -0.1) is 0 Å². The molecule has 0 saturated carbocycles. The number of methoxy groups -OCH3 is 1. The van der Waals surface area contributed by atoms with Gasteiger partial charge in [0.2, 0.25) is 5.91 Å². The SMILES string of the molecule is COc1ccc(CN2C(=O)CC(C(=O)O)=C(Br)c3ccccc32)cc1. The minimum atomic E-state index is -1.10. The van der Waals surface area contributed by atoms with E-state index < -0.39 is 5.97 Å². The Hall–Kier alpha value is -2.60. The van der Waals surface area contributed by atoms with E-state index in [2.05, 4.69) is 15.9 Å². The van der Waals surface area contributed by atoms with E-state index >= 15 is 0 Å². The fraction of sp³-hybridized carbons (Fsp3) is 0.158. The second-order valence-corrected chi connectivity index (χ2v) is 6.41. The van der Waals surface area contributed by atoms with Gasteiger partial charge in [-0.2, -0.15) is 0 Å². The van der Waals surface area contributed by atoms with Crippen LogP contribution < -0.4 is 9.64 Å². The lowest BCUT2D eigenvalue weighted by atomic mass is 10.1. The summed E-state index contributed by atoms with van der Waals surface area (Å²) in [7, 11) is 1.60. The molecule has 0 saturated heterocycles. The van der Waals surface area contributed by atoms with E-state index in [0.717, 1.165) is 11.3 Å². The summed E-state index contributed by atoms with van der Waals surface area (Å²) in [6.07, 6.45) is -0.166. The molecule has 1 N–H and O–H groups in total. The summed E-state index contributed by atoms with van der Waals surface area (Å²) in [5.41, 5.74) is 2.37. The number of benzene rings is 2. The van der Waals surface area contributed by atoms with Crippen LogP contribution in [-0.4, -0.2) is 24.1 Å². The third-order valence-corrected chi connectivity index (χ3v) is 4.99. The summed E-state index contributed by atoms with van der Waals surface area (Å²) in [6.45, 7) is 0.354. The summed E-state index contributed by atoms with van der Waals surface area (Å²) < 4.78 is 5.60. The molecular weight excluding hydrogens is 386 g/mol. The highest BCUT2D eigenvalue weighted by Gasteiger charge is 2.29. The highest BCUT2D eigenvalue weighted by Crippen LogP contribution is 2.38. The van der Waals surface area contributed by atoms with Crippen molar-refractivity contribution in [3.63, 3.8) is 0 Å². The molecule has 0 radical (unpaired) electrons. The predicted molar refractivity (Wildman–Crippen MR) is 98.7 cm³/mol. The molecular formula is C19H16BrNO4. The lowest BCUT2D eigenvalue weighted by Crippen LogP contribution is -2.30. The second kappa shape index (κ2) is 7.11. The van der Waals surface area contributed by atoms with Crippen molar-refractivity contribution in [1.29, 1.82) is 0 Å². The first-order chi connectivity index (χ1) is 12.0. The highest BCUT2D eigenvalue weighted by atomic mass is 79.9. The van der Waals surface area contributed by atoms with Gasteiger partial charge in [-0.05, 0) is 39.7 Å². The monoisotopic (exact) mass is 401 g/mol. The van der Waals surface area contributed by atoms with Gasteiger partial charge < -0.3 is 14.7 Å². The third-order valence-electron chi connectivity index (χ3n) is 4.08. The summed E-state index contributed by atoms with van der Waals surface area (Å²) in [5.74, 6) is -0.611. The minimum Gasteiger partial charge on any atom is -0.497 e. The number of halogens is 1. The van der Waals surface area contributed by atoms with Crippen LogP contribution in [0.3, 0.4) is 0 Å². The molecule has 1 heterocycles. The van der Waals surface area contributed by atoms with Gasteiger partial charge in [-0.3, -0.25) is 4.79 Å². The van der Waals surface area contributed by atoms with E-state index in [1.54, 1.807) is 12.0 Å². The van der Waals surface area contributed by atoms with Gasteiger partial charge >= 0.3 is 5.97 Å². The standard InChI is InChI=1S/C19H16BrNO4/c1-25-13-8-6-12(7-9-13)11-21-16-5-3-2-4-14(16)18(20)15(19(23)24)10-17(21)22/h2-9H,10-11H2,1H3,(H,23,24). The van der Waals surface area contributed by atoms with Gasteiger partial charge in [0.25, 0.3) is 0 Å². The van der Waals surface area contributed by atoms with Crippen LogP contribution in [0.4, 0.5) is 5.69 Å². The summed E-state index contributed by atoms with van der Waals surface area (Å²) in [4.78, 5) is 25.9. The molecule has 1 aliphatic heterocycles. The fourth-order valence-corrected chi connectivity index (χ4v) is 3.42. The topological polar surface area (TPSA) is 66.8 Å². The number of amides is 1. The number of aliphatic carboxylic acids is 1. The smallest absolute Gasteiger partial charge is 0.333 e. The van der Waals surface area contributed by atoms with Crippen molar-refractivity contribution in [3.05, 3.63) is 65.2 Å². The lowest BCUT2D eigenvalue weighted by Gasteiger charge is -2.23. The average Bonchev–Trinajstić information content (AvgIpc) is 2.73. The number of carboxylic acids is 1. The van der Waals surface area contributed by atoms with Gasteiger partial charge in [-0.25, -0.2) is 4.79 Å². The number of carbonyl (C=O) groups excluding carboxylic acids is 1. The van der Waals surface area contributed by atoms with Gasteiger partial charge in [0, 0.05) is 10.0 Å². The number of nitrogens with zero attached hydrogens (tertiary/aromatic N) is 1. The van der Waals surface area contributed by atoms with E-state index in [0.29, 0.717) is 22.3 Å². The van der Waals surface area contributed by atoms with Crippen LogP contribution in [0.15, 0.2) is 54.1 Å². The Balaban J connectivity index is 2.02. The van der Waals surface area contributed by atoms with Crippen molar-refractivity contribution in [1.82, 2.24) is 0 Å². The Labute approximate surface area is 153 Å². The largest absolute Gasteiger partial charge is 0.497 e. The number of ether oxygens (including phenoxy) is 1. The number of rotatable bonds is 4. The first-order valence-corrected chi connectivity index (χ1v) is 8.45. The molecule has 1 aliphatic rings. The Morgan fingerprint density at radius 3 is 2.52 bits per heavy atom. The summed E-state index contributed by atoms with van der Waals surface area (Å²) in [5, 5.41) is 9.44. The molecule has 3 rings (SSSR count). The maximum Gasteiger partial charge on any atom is 0.333 e. The molecule has 2 aromatic rings. The number of carbonyl (C=O) groups is 2. The number of hydrogen-bond donors (Lipinski definition) is 1. The van der Waals surface area contributed by atoms with Crippen molar-refractivity contribution in [2.75, 3.05) is 12.0 Å². The Kier molecular flexibility index (Phi) is 4.90. The minimum absolute atomic E-state index is 0.0645. The van der Waals surface area contributed by atoms with Crippen LogP contribution in [0, 0.1) is 0 Å². The zero-order valence-electron chi connectivity index (χ0n) is 13.5. The van der Waals surface area contributed by atoms with Gasteiger partial charge in [0.05, 0.1) is 31.3 Å². The van der Waals surface area contributed by atoms with Crippen LogP contribution >= 0.6 is 15.9 Å². The Bertz CT molecular complexity index is 858. The second-order valence-electron chi connectivity index (χ2n) is 5.62. The maximum absolute atomic E-state index is 12.7. The van der Waals surface area contributed by atoms with Crippen LogP contribution in [0.1, 0.15) is 17.5 Å². The molecule has 2 aromatic carbocycles. The van der Waals surface area contributed by atoms with E-state index in [4.69, 9.17) is 4.74 Å². The van der Waals surface area contributed by atoms with Crippen LogP contribution in [0.5, 0.6) is 5.75 Å². The summed E-state index contributed by atoms with van der Waals surface area (Å²) >= 11 is 3.37. The van der Waals surface area contributed by atoms with Gasteiger partial charge in [0.1, 0.15) is 5.75 Å². The number of carboxylic acid groups (broad SMARTS) is 1. The first-order valence-electron chi connectivity index (χ1n) is 7.66. The first kappa shape index (κ1) is 17.2. The highest BCUT2D eigenvalue weighted by molar-refractivity contribution is 9.15. The fourth-order valence-electron chi connectivity index (χ4n) is 2.77. The predicted octanol–water partition coefficient (Wildman–Crippen LogP) is 3.82. The average molecular weight is 402 g/mol. The van der Waals surface area contributed by atoms with Crippen molar-refractivity contribution in [2.45, 2.75) is 13.0 Å². The van der Waals surface area contributed by atoms with E-state index in [9.17, 15) is 14.7 Å². The zero-order chi connectivity index (χ0) is 18.0.